The van der Waals surface area contributed by atoms with Crippen LogP contribution in [0.4, 0.5) is 13.2 Å². The molecule has 3 nitrogen and oxygen atoms in total. The highest BCUT2D eigenvalue weighted by Crippen LogP contribution is 2.34. The lowest BCUT2D eigenvalue weighted by Gasteiger charge is -2.12. The minimum atomic E-state index is -4.68. The first-order chi connectivity index (χ1) is 7.09. The van der Waals surface area contributed by atoms with Crippen molar-refractivity contribution >= 4 is 9.84 Å². The van der Waals surface area contributed by atoms with Crippen molar-refractivity contribution in [3.8, 4) is 5.75 Å². The van der Waals surface area contributed by atoms with Crippen LogP contribution in [0.15, 0.2) is 18.2 Å². The van der Waals surface area contributed by atoms with Crippen molar-refractivity contribution in [3.63, 3.8) is 0 Å². The molecule has 0 radical (unpaired) electrons. The number of phenols is 1. The van der Waals surface area contributed by atoms with Gasteiger partial charge in [-0.3, -0.25) is 0 Å². The minimum absolute atomic E-state index is 0.368. The fourth-order valence-corrected chi connectivity index (χ4v) is 2.05. The highest BCUT2D eigenvalue weighted by molar-refractivity contribution is 7.89. The minimum Gasteiger partial charge on any atom is -0.508 e. The maximum Gasteiger partial charge on any atom is 0.416 e. The van der Waals surface area contributed by atoms with Crippen LogP contribution in [0, 0.1) is 0 Å². The van der Waals surface area contributed by atoms with Gasteiger partial charge in [-0.25, -0.2) is 8.42 Å². The highest BCUT2D eigenvalue weighted by Gasteiger charge is 2.34. The van der Waals surface area contributed by atoms with Gasteiger partial charge in [-0.15, -0.1) is 0 Å². The highest BCUT2D eigenvalue weighted by atomic mass is 32.2. The molecule has 0 aliphatic carbocycles. The number of alkyl halides is 3. The molecule has 0 aromatic heterocycles. The summed E-state index contributed by atoms with van der Waals surface area (Å²) in [5.74, 6) is -1.26. The molecule has 0 fully saturated rings. The summed E-state index contributed by atoms with van der Waals surface area (Å²) in [5, 5.41) is 8.95. The van der Waals surface area contributed by atoms with Crippen molar-refractivity contribution in [2.75, 3.05) is 6.26 Å². The molecule has 1 N–H and O–H groups in total. The zero-order valence-corrected chi connectivity index (χ0v) is 9.06. The summed E-state index contributed by atoms with van der Waals surface area (Å²) >= 11 is 0. The quantitative estimate of drug-likeness (QED) is 0.877. The molecular weight excluding hydrogens is 245 g/mol. The number of aromatic hydroxyl groups is 1. The molecule has 0 amide bonds. The van der Waals surface area contributed by atoms with E-state index in [9.17, 15) is 21.6 Å². The second kappa shape index (κ2) is 3.97. The van der Waals surface area contributed by atoms with Gasteiger partial charge in [-0.05, 0) is 17.7 Å². The number of hydrogen-bond donors (Lipinski definition) is 1. The molecule has 0 unspecified atom stereocenters. The van der Waals surface area contributed by atoms with Crippen molar-refractivity contribution in [3.05, 3.63) is 29.3 Å². The molecule has 7 heteroatoms. The lowest BCUT2D eigenvalue weighted by molar-refractivity contribution is -0.138. The van der Waals surface area contributed by atoms with E-state index in [1.165, 1.54) is 0 Å². The molecular formula is C9H9F3O3S. The third kappa shape index (κ3) is 3.41. The average Bonchev–Trinajstić information content (AvgIpc) is 2.04. The summed E-state index contributed by atoms with van der Waals surface area (Å²) in [6.07, 6.45) is -3.83. The molecule has 0 saturated carbocycles. The molecule has 16 heavy (non-hydrogen) atoms. The van der Waals surface area contributed by atoms with Gasteiger partial charge >= 0.3 is 6.18 Å². The van der Waals surface area contributed by atoms with Gasteiger partial charge in [-0.1, -0.05) is 6.07 Å². The Balaban J connectivity index is 3.29. The Hall–Kier alpha value is -1.24. The van der Waals surface area contributed by atoms with Crippen LogP contribution < -0.4 is 0 Å². The van der Waals surface area contributed by atoms with E-state index in [0.29, 0.717) is 6.07 Å². The zero-order chi connectivity index (χ0) is 12.6. The first kappa shape index (κ1) is 12.8. The van der Waals surface area contributed by atoms with Gasteiger partial charge in [-0.2, -0.15) is 13.2 Å². The topological polar surface area (TPSA) is 54.4 Å². The second-order valence-corrected chi connectivity index (χ2v) is 5.55. The molecule has 0 bridgehead atoms. The summed E-state index contributed by atoms with van der Waals surface area (Å²) in [6.45, 7) is 0. The summed E-state index contributed by atoms with van der Waals surface area (Å²) in [7, 11) is -3.55. The van der Waals surface area contributed by atoms with Crippen LogP contribution >= 0.6 is 0 Å². The van der Waals surface area contributed by atoms with Crippen LogP contribution in [0.5, 0.6) is 5.75 Å². The Bertz CT molecular complexity index is 491. The molecule has 0 saturated heterocycles. The number of hydrogen-bond acceptors (Lipinski definition) is 3. The van der Waals surface area contributed by atoms with Crippen LogP contribution in [0.3, 0.4) is 0 Å². The maximum absolute atomic E-state index is 12.5. The van der Waals surface area contributed by atoms with Crippen molar-refractivity contribution in [1.29, 1.82) is 0 Å². The van der Waals surface area contributed by atoms with Crippen LogP contribution in [-0.4, -0.2) is 19.8 Å². The number of rotatable bonds is 2. The van der Waals surface area contributed by atoms with E-state index in [2.05, 4.69) is 0 Å². The van der Waals surface area contributed by atoms with Crippen molar-refractivity contribution in [2.45, 2.75) is 11.9 Å². The van der Waals surface area contributed by atoms with Crippen LogP contribution in [-0.2, 0) is 21.8 Å². The standard InChI is InChI=1S/C9H9F3O3S/c1-16(14,15)5-6-2-3-7(13)4-8(6)9(10,11)12/h2-4,13H,5H2,1H3. The van der Waals surface area contributed by atoms with E-state index in [0.717, 1.165) is 18.4 Å². The molecule has 0 aliphatic heterocycles. The van der Waals surface area contributed by atoms with Crippen molar-refractivity contribution < 1.29 is 26.7 Å². The summed E-state index contributed by atoms with van der Waals surface area (Å²) in [4.78, 5) is 0. The molecule has 0 heterocycles. The van der Waals surface area contributed by atoms with Crippen molar-refractivity contribution in [1.82, 2.24) is 0 Å². The lowest BCUT2D eigenvalue weighted by atomic mass is 10.1. The fourth-order valence-electron chi connectivity index (χ4n) is 1.24. The molecule has 1 aromatic rings. The predicted molar refractivity (Wildman–Crippen MR) is 51.7 cm³/mol. The largest absolute Gasteiger partial charge is 0.508 e. The van der Waals surface area contributed by atoms with Crippen LogP contribution in [0.1, 0.15) is 11.1 Å². The fraction of sp³-hybridized carbons (Fsp3) is 0.333. The molecule has 1 rings (SSSR count). The Morgan fingerprint density at radius 3 is 2.31 bits per heavy atom. The Kier molecular flexibility index (Phi) is 3.18. The van der Waals surface area contributed by atoms with Gasteiger partial charge < -0.3 is 5.11 Å². The summed E-state index contributed by atoms with van der Waals surface area (Å²) < 4.78 is 59.4. The SMILES string of the molecule is CS(=O)(=O)Cc1ccc(O)cc1C(F)(F)F. The third-order valence-electron chi connectivity index (χ3n) is 1.82. The van der Waals surface area contributed by atoms with E-state index < -0.39 is 33.1 Å². The number of benzene rings is 1. The predicted octanol–water partition coefficient (Wildman–Crippen LogP) is 1.96. The lowest BCUT2D eigenvalue weighted by Crippen LogP contribution is -2.12. The zero-order valence-electron chi connectivity index (χ0n) is 8.25. The Morgan fingerprint density at radius 2 is 1.88 bits per heavy atom. The van der Waals surface area contributed by atoms with Gasteiger partial charge in [0.25, 0.3) is 0 Å². The molecule has 0 aliphatic rings. The van der Waals surface area contributed by atoms with E-state index in [1.54, 1.807) is 0 Å². The van der Waals surface area contributed by atoms with Crippen LogP contribution in [0.25, 0.3) is 0 Å². The van der Waals surface area contributed by atoms with Crippen molar-refractivity contribution in [2.24, 2.45) is 0 Å². The van der Waals surface area contributed by atoms with E-state index >= 15 is 0 Å². The summed E-state index contributed by atoms with van der Waals surface area (Å²) in [5.41, 5.74) is -1.49. The van der Waals surface area contributed by atoms with E-state index in [-0.39, 0.29) is 5.56 Å². The second-order valence-electron chi connectivity index (χ2n) is 3.41. The number of halogens is 3. The summed E-state index contributed by atoms with van der Waals surface area (Å²) in [6, 6.07) is 2.50. The average molecular weight is 254 g/mol. The molecule has 0 atom stereocenters. The third-order valence-corrected chi connectivity index (χ3v) is 2.65. The van der Waals surface area contributed by atoms with Gasteiger partial charge in [0.15, 0.2) is 9.84 Å². The van der Waals surface area contributed by atoms with Gasteiger partial charge in [0.1, 0.15) is 5.75 Å². The number of sulfone groups is 1. The van der Waals surface area contributed by atoms with Gasteiger partial charge in [0.2, 0.25) is 0 Å². The Labute approximate surface area is 90.4 Å². The molecule has 1 aromatic carbocycles. The Morgan fingerprint density at radius 1 is 1.31 bits per heavy atom. The van der Waals surface area contributed by atoms with Gasteiger partial charge in [0, 0.05) is 6.26 Å². The smallest absolute Gasteiger partial charge is 0.416 e. The van der Waals surface area contributed by atoms with Gasteiger partial charge in [0.05, 0.1) is 11.3 Å². The van der Waals surface area contributed by atoms with E-state index in [4.69, 9.17) is 5.11 Å². The number of phenolic OH excluding ortho intramolecular Hbond substituents is 1. The molecule has 0 spiro atoms. The normalized spacial score (nSPS) is 12.8. The molecule has 90 valence electrons. The maximum atomic E-state index is 12.5. The van der Waals surface area contributed by atoms with Crippen LogP contribution in [0.2, 0.25) is 0 Å². The monoisotopic (exact) mass is 254 g/mol. The van der Waals surface area contributed by atoms with E-state index in [1.807, 2.05) is 0 Å². The first-order valence-electron chi connectivity index (χ1n) is 4.16. The first-order valence-corrected chi connectivity index (χ1v) is 6.22.